The molecular formula is C17H26N4O2. The number of para-hydroxylation sites is 1. The summed E-state index contributed by atoms with van der Waals surface area (Å²) >= 11 is 0. The van der Waals surface area contributed by atoms with Gasteiger partial charge in [-0.1, -0.05) is 18.2 Å². The van der Waals surface area contributed by atoms with E-state index in [1.165, 1.54) is 0 Å². The number of nitrogens with two attached hydrogens (primary N) is 1. The van der Waals surface area contributed by atoms with E-state index in [0.29, 0.717) is 5.69 Å². The Morgan fingerprint density at radius 2 is 1.70 bits per heavy atom. The Morgan fingerprint density at radius 3 is 2.30 bits per heavy atom. The van der Waals surface area contributed by atoms with Gasteiger partial charge in [-0.25, -0.2) is 4.79 Å². The molecule has 0 saturated heterocycles. The quantitative estimate of drug-likeness (QED) is 0.683. The van der Waals surface area contributed by atoms with Crippen molar-refractivity contribution in [3.63, 3.8) is 0 Å². The Hall–Kier alpha value is -2.08. The maximum atomic E-state index is 12.4. The summed E-state index contributed by atoms with van der Waals surface area (Å²) in [5.74, 6) is -0.179. The van der Waals surface area contributed by atoms with Gasteiger partial charge < -0.3 is 21.7 Å². The van der Waals surface area contributed by atoms with Crippen LogP contribution in [0.1, 0.15) is 39.5 Å². The van der Waals surface area contributed by atoms with Gasteiger partial charge in [0.15, 0.2) is 0 Å². The molecule has 6 heteroatoms. The van der Waals surface area contributed by atoms with Crippen LogP contribution in [-0.2, 0) is 4.79 Å². The maximum absolute atomic E-state index is 12.4. The van der Waals surface area contributed by atoms with E-state index in [4.69, 9.17) is 5.73 Å². The molecule has 0 aromatic heterocycles. The number of carbonyl (C=O) groups excluding carboxylic acids is 2. The average Bonchev–Trinajstić information content (AvgIpc) is 2.50. The van der Waals surface area contributed by atoms with Gasteiger partial charge in [0.2, 0.25) is 5.91 Å². The van der Waals surface area contributed by atoms with E-state index >= 15 is 0 Å². The Labute approximate surface area is 137 Å². The van der Waals surface area contributed by atoms with Crippen LogP contribution < -0.4 is 21.7 Å². The van der Waals surface area contributed by atoms with Crippen molar-refractivity contribution in [2.24, 2.45) is 5.73 Å². The molecular weight excluding hydrogens is 292 g/mol. The standard InChI is InChI=1S/C17H26N4O2/c1-17(2,15(22)19-14-10-8-12(18)9-11-14)21-16(23)20-13-6-4-3-5-7-13/h3-7,12,14H,8-11,18H2,1-2H3,(H,19,22)(H2,20,21,23). The molecule has 0 radical (unpaired) electrons. The van der Waals surface area contributed by atoms with Crippen molar-refractivity contribution in [2.75, 3.05) is 5.32 Å². The second kappa shape index (κ2) is 7.46. The van der Waals surface area contributed by atoms with Crippen molar-refractivity contribution < 1.29 is 9.59 Å². The highest BCUT2D eigenvalue weighted by atomic mass is 16.2. The summed E-state index contributed by atoms with van der Waals surface area (Å²) in [5, 5.41) is 8.44. The zero-order valence-electron chi connectivity index (χ0n) is 13.8. The van der Waals surface area contributed by atoms with Gasteiger partial charge in [0, 0.05) is 17.8 Å². The number of urea groups is 1. The number of carbonyl (C=O) groups is 2. The molecule has 1 aliphatic carbocycles. The molecule has 0 spiro atoms. The molecule has 1 saturated carbocycles. The number of anilines is 1. The SMILES string of the molecule is CC(C)(NC(=O)Nc1ccccc1)C(=O)NC1CCC(N)CC1. The number of amides is 3. The average molecular weight is 318 g/mol. The number of hydrogen-bond acceptors (Lipinski definition) is 3. The summed E-state index contributed by atoms with van der Waals surface area (Å²) in [6.45, 7) is 3.39. The normalized spacial score (nSPS) is 21.3. The largest absolute Gasteiger partial charge is 0.351 e. The lowest BCUT2D eigenvalue weighted by Crippen LogP contribution is -2.58. The van der Waals surface area contributed by atoms with Crippen molar-refractivity contribution in [1.29, 1.82) is 0 Å². The third-order valence-corrected chi connectivity index (χ3v) is 4.13. The van der Waals surface area contributed by atoms with Gasteiger partial charge in [-0.05, 0) is 51.7 Å². The molecule has 1 fully saturated rings. The molecule has 0 unspecified atom stereocenters. The molecule has 0 atom stereocenters. The molecule has 2 rings (SSSR count). The zero-order valence-corrected chi connectivity index (χ0v) is 13.8. The summed E-state index contributed by atoms with van der Waals surface area (Å²) < 4.78 is 0. The van der Waals surface area contributed by atoms with Crippen LogP contribution in [0.4, 0.5) is 10.5 Å². The van der Waals surface area contributed by atoms with Gasteiger partial charge in [0.05, 0.1) is 0 Å². The van der Waals surface area contributed by atoms with Gasteiger partial charge in [0.1, 0.15) is 5.54 Å². The molecule has 0 aliphatic heterocycles. The first-order valence-electron chi connectivity index (χ1n) is 8.07. The van der Waals surface area contributed by atoms with E-state index in [1.807, 2.05) is 18.2 Å². The van der Waals surface area contributed by atoms with Crippen molar-refractivity contribution in [3.8, 4) is 0 Å². The fraction of sp³-hybridized carbons (Fsp3) is 0.529. The second-order valence-corrected chi connectivity index (χ2v) is 6.66. The third kappa shape index (κ3) is 5.25. The third-order valence-electron chi connectivity index (χ3n) is 4.13. The summed E-state index contributed by atoms with van der Waals surface area (Å²) in [6, 6.07) is 9.10. The number of hydrogen-bond donors (Lipinski definition) is 4. The summed E-state index contributed by atoms with van der Waals surface area (Å²) in [6.07, 6.45) is 3.62. The minimum Gasteiger partial charge on any atom is -0.351 e. The second-order valence-electron chi connectivity index (χ2n) is 6.66. The van der Waals surface area contributed by atoms with Crippen LogP contribution in [0.5, 0.6) is 0 Å². The first-order chi connectivity index (χ1) is 10.9. The molecule has 5 N–H and O–H groups in total. The molecule has 1 aromatic carbocycles. The van der Waals surface area contributed by atoms with Crippen LogP contribution >= 0.6 is 0 Å². The van der Waals surface area contributed by atoms with Gasteiger partial charge in [-0.15, -0.1) is 0 Å². The summed E-state index contributed by atoms with van der Waals surface area (Å²) in [5.41, 5.74) is 5.57. The van der Waals surface area contributed by atoms with Crippen molar-refractivity contribution in [2.45, 2.75) is 57.2 Å². The molecule has 0 bridgehead atoms. The van der Waals surface area contributed by atoms with Crippen LogP contribution in [-0.4, -0.2) is 29.6 Å². The summed E-state index contributed by atoms with van der Waals surface area (Å²) in [4.78, 5) is 24.5. The Bertz CT molecular complexity index is 537. The lowest BCUT2D eigenvalue weighted by atomic mass is 9.91. The Kier molecular flexibility index (Phi) is 5.60. The molecule has 3 amide bonds. The molecule has 6 nitrogen and oxygen atoms in total. The van der Waals surface area contributed by atoms with E-state index in [9.17, 15) is 9.59 Å². The minimum absolute atomic E-state index is 0.139. The maximum Gasteiger partial charge on any atom is 0.320 e. The number of rotatable bonds is 4. The van der Waals surface area contributed by atoms with Crippen LogP contribution in [0, 0.1) is 0 Å². The Morgan fingerprint density at radius 1 is 1.09 bits per heavy atom. The first kappa shape index (κ1) is 17.3. The highest BCUT2D eigenvalue weighted by Crippen LogP contribution is 2.18. The van der Waals surface area contributed by atoms with Gasteiger partial charge >= 0.3 is 6.03 Å². The molecule has 1 aliphatic rings. The van der Waals surface area contributed by atoms with E-state index < -0.39 is 11.6 Å². The molecule has 23 heavy (non-hydrogen) atoms. The van der Waals surface area contributed by atoms with E-state index in [1.54, 1.807) is 26.0 Å². The van der Waals surface area contributed by atoms with Crippen molar-refractivity contribution >= 4 is 17.6 Å². The van der Waals surface area contributed by atoms with E-state index in [-0.39, 0.29) is 18.0 Å². The lowest BCUT2D eigenvalue weighted by Gasteiger charge is -2.31. The predicted molar refractivity (Wildman–Crippen MR) is 91.0 cm³/mol. The van der Waals surface area contributed by atoms with Gasteiger partial charge in [-0.2, -0.15) is 0 Å². The topological polar surface area (TPSA) is 96.2 Å². The predicted octanol–water partition coefficient (Wildman–Crippen LogP) is 1.97. The minimum atomic E-state index is -0.988. The van der Waals surface area contributed by atoms with Crippen LogP contribution in [0.15, 0.2) is 30.3 Å². The van der Waals surface area contributed by atoms with Crippen LogP contribution in [0.2, 0.25) is 0 Å². The number of nitrogens with one attached hydrogen (secondary N) is 3. The van der Waals surface area contributed by atoms with Crippen LogP contribution in [0.3, 0.4) is 0 Å². The fourth-order valence-corrected chi connectivity index (χ4v) is 2.65. The highest BCUT2D eigenvalue weighted by molar-refractivity contribution is 5.95. The lowest BCUT2D eigenvalue weighted by molar-refractivity contribution is -0.127. The summed E-state index contributed by atoms with van der Waals surface area (Å²) in [7, 11) is 0. The zero-order chi connectivity index (χ0) is 16.9. The molecule has 126 valence electrons. The van der Waals surface area contributed by atoms with E-state index in [2.05, 4.69) is 16.0 Å². The molecule has 1 aromatic rings. The number of benzene rings is 1. The smallest absolute Gasteiger partial charge is 0.320 e. The Balaban J connectivity index is 1.84. The van der Waals surface area contributed by atoms with Gasteiger partial charge in [-0.3, -0.25) is 4.79 Å². The van der Waals surface area contributed by atoms with Crippen molar-refractivity contribution in [1.82, 2.24) is 10.6 Å². The van der Waals surface area contributed by atoms with E-state index in [0.717, 1.165) is 25.7 Å². The van der Waals surface area contributed by atoms with Crippen LogP contribution in [0.25, 0.3) is 0 Å². The highest BCUT2D eigenvalue weighted by Gasteiger charge is 2.31. The van der Waals surface area contributed by atoms with Crippen molar-refractivity contribution in [3.05, 3.63) is 30.3 Å². The first-order valence-corrected chi connectivity index (χ1v) is 8.07. The fourth-order valence-electron chi connectivity index (χ4n) is 2.65. The molecule has 0 heterocycles. The van der Waals surface area contributed by atoms with Gasteiger partial charge in [0.25, 0.3) is 0 Å². The monoisotopic (exact) mass is 318 g/mol.